The second-order valence-electron chi connectivity index (χ2n) is 6.95. The van der Waals surface area contributed by atoms with Crippen molar-refractivity contribution in [2.24, 2.45) is 5.41 Å². The Labute approximate surface area is 134 Å². The summed E-state index contributed by atoms with van der Waals surface area (Å²) >= 11 is 0. The van der Waals surface area contributed by atoms with E-state index in [-0.39, 0.29) is 5.78 Å². The number of rotatable bonds is 11. The zero-order chi connectivity index (χ0) is 17.8. The van der Waals surface area contributed by atoms with Crippen LogP contribution in [0.25, 0.3) is 0 Å². The highest BCUT2D eigenvalue weighted by molar-refractivity contribution is 5.78. The summed E-state index contributed by atoms with van der Waals surface area (Å²) in [6.45, 7) is 8.99. The van der Waals surface area contributed by atoms with Crippen molar-refractivity contribution in [3.63, 3.8) is 0 Å². The Kier molecular flexibility index (Phi) is 11.9. The van der Waals surface area contributed by atoms with Crippen LogP contribution in [0.5, 0.6) is 0 Å². The number of carboxylic acid groups (broad SMARTS) is 1. The van der Waals surface area contributed by atoms with E-state index in [0.717, 1.165) is 25.7 Å². The Morgan fingerprint density at radius 3 is 1.64 bits per heavy atom. The Balaban J connectivity index is 0. The van der Waals surface area contributed by atoms with Crippen LogP contribution in [0.3, 0.4) is 0 Å². The summed E-state index contributed by atoms with van der Waals surface area (Å²) in [6.07, 6.45) is 5.65. The lowest BCUT2D eigenvalue weighted by Crippen LogP contribution is -2.23. The average Bonchev–Trinajstić information content (AvgIpc) is 2.41. The molecule has 0 spiro atoms. The molecule has 0 rings (SSSR count). The Morgan fingerprint density at radius 2 is 1.27 bits per heavy atom. The molecule has 0 aliphatic rings. The molecule has 0 radical (unpaired) electrons. The molecule has 22 heavy (non-hydrogen) atoms. The number of carboxylic acids is 1. The van der Waals surface area contributed by atoms with Crippen LogP contribution in [0.1, 0.15) is 79.1 Å². The fourth-order valence-corrected chi connectivity index (χ4v) is 2.00. The molecule has 0 aromatic heterocycles. The minimum atomic E-state index is -0.782. The molecule has 0 aromatic carbocycles. The van der Waals surface area contributed by atoms with Gasteiger partial charge in [-0.05, 0) is 53.4 Å². The molecule has 0 fully saturated rings. The van der Waals surface area contributed by atoms with Crippen LogP contribution in [0.15, 0.2) is 0 Å². The highest BCUT2D eigenvalue weighted by Crippen LogP contribution is 2.24. The maximum Gasteiger partial charge on any atom is 0.309 e. The fraction of sp³-hybridized carbons (Fsp3) is 0.824. The predicted octanol–water partition coefficient (Wildman–Crippen LogP) is 3.37. The first kappa shape index (κ1) is 23.0. The Bertz CT molecular complexity index is 328. The van der Waals surface area contributed by atoms with Gasteiger partial charge < -0.3 is 15.0 Å². The molecule has 0 atom stereocenters. The number of carbonyl (C=O) groups is 3. The number of aliphatic hydroxyl groups is 1. The summed E-state index contributed by atoms with van der Waals surface area (Å²) in [5, 5.41) is 18.5. The minimum absolute atomic E-state index is 0.244. The number of ketones is 1. The van der Waals surface area contributed by atoms with Crippen LogP contribution in [-0.2, 0) is 14.4 Å². The number of hydrogen-bond donors (Lipinski definition) is 2. The van der Waals surface area contributed by atoms with E-state index in [0.29, 0.717) is 25.7 Å². The van der Waals surface area contributed by atoms with Crippen LogP contribution in [-0.4, -0.2) is 34.4 Å². The summed E-state index contributed by atoms with van der Waals surface area (Å²) in [7, 11) is 0. The van der Waals surface area contributed by atoms with Crippen molar-refractivity contribution in [1.29, 1.82) is 0 Å². The molecule has 0 bridgehead atoms. The second-order valence-corrected chi connectivity index (χ2v) is 6.95. The van der Waals surface area contributed by atoms with Crippen LogP contribution < -0.4 is 0 Å². The molecule has 0 saturated carbocycles. The zero-order valence-electron chi connectivity index (χ0n) is 14.5. The zero-order valence-corrected chi connectivity index (χ0v) is 14.5. The van der Waals surface area contributed by atoms with Gasteiger partial charge in [0.25, 0.3) is 0 Å². The lowest BCUT2D eigenvalue weighted by molar-refractivity contribution is -0.147. The second kappa shape index (κ2) is 11.4. The van der Waals surface area contributed by atoms with Gasteiger partial charge in [-0.2, -0.15) is 0 Å². The van der Waals surface area contributed by atoms with E-state index in [9.17, 15) is 14.7 Å². The molecule has 0 aliphatic heterocycles. The Hall–Kier alpha value is -1.23. The number of Topliss-reactive ketones (excluding diaryl/α,β-unsaturated/α-hetero) is 1. The van der Waals surface area contributed by atoms with Crippen molar-refractivity contribution in [3.05, 3.63) is 0 Å². The smallest absolute Gasteiger partial charge is 0.309 e. The summed E-state index contributed by atoms with van der Waals surface area (Å²) in [4.78, 5) is 30.6. The third-order valence-corrected chi connectivity index (χ3v) is 3.58. The maximum absolute atomic E-state index is 11.6. The average molecular weight is 316 g/mol. The van der Waals surface area contributed by atoms with E-state index in [2.05, 4.69) is 0 Å². The van der Waals surface area contributed by atoms with Gasteiger partial charge in [-0.15, -0.1) is 0 Å². The standard InChI is InChI=1S/C16H30O4.CH2O/c1-15(2,14(18)19)11-7-5-9-13(17)10-6-8-12-16(3,4)20;1-2/h20H,5-12H2,1-4H3,(H,18,19);1H2. The minimum Gasteiger partial charge on any atom is -0.481 e. The van der Waals surface area contributed by atoms with Gasteiger partial charge in [0.2, 0.25) is 0 Å². The molecule has 0 unspecified atom stereocenters. The van der Waals surface area contributed by atoms with Crippen molar-refractivity contribution in [1.82, 2.24) is 0 Å². The largest absolute Gasteiger partial charge is 0.481 e. The molecule has 2 N–H and O–H groups in total. The van der Waals surface area contributed by atoms with Crippen LogP contribution in [0.4, 0.5) is 0 Å². The molecule has 0 heterocycles. The van der Waals surface area contributed by atoms with Gasteiger partial charge in [-0.1, -0.05) is 12.8 Å². The number of hydrogen-bond acceptors (Lipinski definition) is 4. The molecule has 0 aliphatic carbocycles. The number of carbonyl (C=O) groups excluding carboxylic acids is 2. The number of aliphatic carboxylic acids is 1. The highest BCUT2D eigenvalue weighted by atomic mass is 16.4. The third kappa shape index (κ3) is 13.7. The van der Waals surface area contributed by atoms with E-state index < -0.39 is 17.0 Å². The summed E-state index contributed by atoms with van der Waals surface area (Å²) in [6, 6.07) is 0. The van der Waals surface area contributed by atoms with Gasteiger partial charge in [0.15, 0.2) is 0 Å². The predicted molar refractivity (Wildman–Crippen MR) is 86.8 cm³/mol. The van der Waals surface area contributed by atoms with E-state index in [4.69, 9.17) is 9.90 Å². The van der Waals surface area contributed by atoms with Gasteiger partial charge >= 0.3 is 5.97 Å². The van der Waals surface area contributed by atoms with Crippen molar-refractivity contribution in [2.45, 2.75) is 84.7 Å². The van der Waals surface area contributed by atoms with Gasteiger partial charge in [-0.25, -0.2) is 0 Å². The normalized spacial score (nSPS) is 11.5. The monoisotopic (exact) mass is 316 g/mol. The van der Waals surface area contributed by atoms with Crippen LogP contribution >= 0.6 is 0 Å². The highest BCUT2D eigenvalue weighted by Gasteiger charge is 2.26. The molecule has 0 aromatic rings. The SMILES string of the molecule is C=O.CC(C)(O)CCCCC(=O)CCCCC(C)(C)C(=O)O. The van der Waals surface area contributed by atoms with Gasteiger partial charge in [0, 0.05) is 12.8 Å². The van der Waals surface area contributed by atoms with Gasteiger partial charge in [0.1, 0.15) is 12.6 Å². The van der Waals surface area contributed by atoms with E-state index in [1.54, 1.807) is 27.7 Å². The maximum atomic E-state index is 11.6. The molecule has 5 nitrogen and oxygen atoms in total. The van der Waals surface area contributed by atoms with Gasteiger partial charge in [0.05, 0.1) is 11.0 Å². The fourth-order valence-electron chi connectivity index (χ4n) is 2.00. The first-order chi connectivity index (χ1) is 10.0. The summed E-state index contributed by atoms with van der Waals surface area (Å²) < 4.78 is 0. The summed E-state index contributed by atoms with van der Waals surface area (Å²) in [5.41, 5.74) is -1.35. The number of unbranched alkanes of at least 4 members (excludes halogenated alkanes) is 2. The quantitative estimate of drug-likeness (QED) is 0.570. The van der Waals surface area contributed by atoms with Crippen molar-refractivity contribution in [3.8, 4) is 0 Å². The molecular weight excluding hydrogens is 284 g/mol. The van der Waals surface area contributed by atoms with E-state index in [1.807, 2.05) is 6.79 Å². The van der Waals surface area contributed by atoms with Crippen molar-refractivity contribution >= 4 is 18.5 Å². The van der Waals surface area contributed by atoms with Crippen LogP contribution in [0, 0.1) is 5.41 Å². The van der Waals surface area contributed by atoms with E-state index >= 15 is 0 Å². The van der Waals surface area contributed by atoms with Crippen molar-refractivity contribution in [2.75, 3.05) is 0 Å². The Morgan fingerprint density at radius 1 is 0.864 bits per heavy atom. The van der Waals surface area contributed by atoms with Crippen LogP contribution in [0.2, 0.25) is 0 Å². The molecular formula is C17H32O5. The molecule has 130 valence electrons. The first-order valence-corrected chi connectivity index (χ1v) is 7.81. The lowest BCUT2D eigenvalue weighted by atomic mass is 9.87. The molecule has 5 heteroatoms. The van der Waals surface area contributed by atoms with Gasteiger partial charge in [-0.3, -0.25) is 9.59 Å². The van der Waals surface area contributed by atoms with Crippen molar-refractivity contribution < 1.29 is 24.6 Å². The topological polar surface area (TPSA) is 91.7 Å². The molecule has 0 saturated heterocycles. The first-order valence-electron chi connectivity index (χ1n) is 7.81. The third-order valence-electron chi connectivity index (χ3n) is 3.58. The molecule has 0 amide bonds. The lowest BCUT2D eigenvalue weighted by Gasteiger charge is -2.18. The van der Waals surface area contributed by atoms with E-state index in [1.165, 1.54) is 0 Å². The summed E-state index contributed by atoms with van der Waals surface area (Å²) in [5.74, 6) is -0.538.